The quantitative estimate of drug-likeness (QED) is 0.922. The molecule has 2 aromatic rings. The van der Waals surface area contributed by atoms with Crippen molar-refractivity contribution in [2.45, 2.75) is 46.4 Å². The van der Waals surface area contributed by atoms with Crippen LogP contribution < -0.4 is 16.0 Å². The number of ether oxygens (including phenoxy) is 1. The van der Waals surface area contributed by atoms with Gasteiger partial charge in [0.1, 0.15) is 5.75 Å². The van der Waals surface area contributed by atoms with Crippen LogP contribution in [-0.2, 0) is 6.54 Å². The summed E-state index contributed by atoms with van der Waals surface area (Å²) >= 11 is 0. The van der Waals surface area contributed by atoms with Crippen molar-refractivity contribution in [1.82, 2.24) is 9.78 Å². The minimum atomic E-state index is -0.331. The molecular formula is C17H23N3O2. The normalized spacial score (nSPS) is 12.5. The highest BCUT2D eigenvalue weighted by molar-refractivity contribution is 5.61. The zero-order chi connectivity index (χ0) is 16.3. The zero-order valence-corrected chi connectivity index (χ0v) is 13.5. The standard InChI is InChI=1S/C17H23N3O2/c1-5-20-17(21)15(12(4)18)10-16(19-20)13-7-6-8-14(9-13)22-11(2)3/h6-12H,5,18H2,1-4H3. The molecule has 118 valence electrons. The number of aryl methyl sites for hydroxylation is 1. The van der Waals surface area contributed by atoms with E-state index in [1.165, 1.54) is 4.68 Å². The summed E-state index contributed by atoms with van der Waals surface area (Å²) in [5, 5.41) is 4.42. The Morgan fingerprint density at radius 3 is 2.59 bits per heavy atom. The van der Waals surface area contributed by atoms with E-state index in [-0.39, 0.29) is 17.7 Å². The number of aromatic nitrogens is 2. The molecule has 0 fully saturated rings. The Labute approximate surface area is 130 Å². The Morgan fingerprint density at radius 1 is 1.27 bits per heavy atom. The fourth-order valence-corrected chi connectivity index (χ4v) is 2.24. The molecule has 5 heteroatoms. The second-order valence-corrected chi connectivity index (χ2v) is 5.59. The van der Waals surface area contributed by atoms with E-state index in [0.717, 1.165) is 17.0 Å². The summed E-state index contributed by atoms with van der Waals surface area (Å²) in [5.41, 5.74) is 7.99. The van der Waals surface area contributed by atoms with E-state index in [9.17, 15) is 4.79 Å². The molecule has 1 aromatic heterocycles. The Morgan fingerprint density at radius 2 is 2.00 bits per heavy atom. The first-order valence-electron chi connectivity index (χ1n) is 7.57. The molecule has 1 aromatic carbocycles. The predicted molar refractivity (Wildman–Crippen MR) is 88.0 cm³/mol. The van der Waals surface area contributed by atoms with E-state index in [1.807, 2.05) is 45.0 Å². The van der Waals surface area contributed by atoms with Crippen LogP contribution in [0, 0.1) is 0 Å². The molecule has 0 aliphatic heterocycles. The highest BCUT2D eigenvalue weighted by Crippen LogP contribution is 2.23. The second kappa shape index (κ2) is 6.75. The molecule has 2 rings (SSSR count). The van der Waals surface area contributed by atoms with Crippen LogP contribution >= 0.6 is 0 Å². The van der Waals surface area contributed by atoms with Crippen LogP contribution in [0.2, 0.25) is 0 Å². The summed E-state index contributed by atoms with van der Waals surface area (Å²) < 4.78 is 7.16. The minimum Gasteiger partial charge on any atom is -0.491 e. The summed E-state index contributed by atoms with van der Waals surface area (Å²) in [5.74, 6) is 0.783. The Kier molecular flexibility index (Phi) is 4.98. The molecule has 22 heavy (non-hydrogen) atoms. The van der Waals surface area contributed by atoms with Crippen LogP contribution in [-0.4, -0.2) is 15.9 Å². The molecule has 5 nitrogen and oxygen atoms in total. The molecule has 0 radical (unpaired) electrons. The zero-order valence-electron chi connectivity index (χ0n) is 13.5. The molecule has 1 unspecified atom stereocenters. The highest BCUT2D eigenvalue weighted by atomic mass is 16.5. The van der Waals surface area contributed by atoms with Gasteiger partial charge in [-0.05, 0) is 45.9 Å². The number of nitrogens with zero attached hydrogens (tertiary/aromatic N) is 2. The van der Waals surface area contributed by atoms with Gasteiger partial charge in [0.05, 0.1) is 11.8 Å². The van der Waals surface area contributed by atoms with E-state index in [2.05, 4.69) is 5.10 Å². The van der Waals surface area contributed by atoms with Gasteiger partial charge < -0.3 is 10.5 Å². The van der Waals surface area contributed by atoms with Crippen molar-refractivity contribution in [3.05, 3.63) is 46.2 Å². The van der Waals surface area contributed by atoms with Gasteiger partial charge in [0.25, 0.3) is 5.56 Å². The van der Waals surface area contributed by atoms with Crippen LogP contribution in [0.15, 0.2) is 35.1 Å². The van der Waals surface area contributed by atoms with Crippen molar-refractivity contribution in [2.75, 3.05) is 0 Å². The number of nitrogens with two attached hydrogens (primary N) is 1. The molecule has 0 bridgehead atoms. The van der Waals surface area contributed by atoms with Crippen LogP contribution in [0.25, 0.3) is 11.3 Å². The first kappa shape index (κ1) is 16.2. The van der Waals surface area contributed by atoms with Crippen molar-refractivity contribution in [2.24, 2.45) is 5.73 Å². The van der Waals surface area contributed by atoms with Gasteiger partial charge in [-0.1, -0.05) is 12.1 Å². The van der Waals surface area contributed by atoms with E-state index in [1.54, 1.807) is 13.0 Å². The average molecular weight is 301 g/mol. The summed E-state index contributed by atoms with van der Waals surface area (Å²) in [4.78, 5) is 12.2. The Bertz CT molecular complexity index is 705. The third-order valence-electron chi connectivity index (χ3n) is 3.29. The van der Waals surface area contributed by atoms with E-state index >= 15 is 0 Å². The van der Waals surface area contributed by atoms with Gasteiger partial charge in [-0.15, -0.1) is 0 Å². The number of rotatable bonds is 5. The molecule has 0 aliphatic carbocycles. The lowest BCUT2D eigenvalue weighted by atomic mass is 10.1. The maximum absolute atomic E-state index is 12.2. The van der Waals surface area contributed by atoms with Crippen LogP contribution in [0.3, 0.4) is 0 Å². The lowest BCUT2D eigenvalue weighted by Crippen LogP contribution is -2.29. The monoisotopic (exact) mass is 301 g/mol. The van der Waals surface area contributed by atoms with Gasteiger partial charge in [-0.2, -0.15) is 5.10 Å². The van der Waals surface area contributed by atoms with Crippen molar-refractivity contribution >= 4 is 0 Å². The van der Waals surface area contributed by atoms with Gasteiger partial charge in [0.2, 0.25) is 0 Å². The molecule has 0 saturated heterocycles. The van der Waals surface area contributed by atoms with Gasteiger partial charge in [-0.25, -0.2) is 4.68 Å². The first-order chi connectivity index (χ1) is 10.4. The van der Waals surface area contributed by atoms with Crippen LogP contribution in [0.1, 0.15) is 39.3 Å². The van der Waals surface area contributed by atoms with E-state index in [4.69, 9.17) is 10.5 Å². The minimum absolute atomic E-state index is 0.104. The van der Waals surface area contributed by atoms with Gasteiger partial charge in [-0.3, -0.25) is 4.79 Å². The van der Waals surface area contributed by atoms with Crippen molar-refractivity contribution in [1.29, 1.82) is 0 Å². The second-order valence-electron chi connectivity index (χ2n) is 5.59. The summed E-state index contributed by atoms with van der Waals surface area (Å²) in [6, 6.07) is 9.14. The summed E-state index contributed by atoms with van der Waals surface area (Å²) in [6.45, 7) is 8.17. The predicted octanol–water partition coefficient (Wildman–Crippen LogP) is 2.74. The van der Waals surface area contributed by atoms with E-state index in [0.29, 0.717) is 12.1 Å². The van der Waals surface area contributed by atoms with Gasteiger partial charge >= 0.3 is 0 Å². The number of hydrogen-bond donors (Lipinski definition) is 1. The molecule has 1 atom stereocenters. The lowest BCUT2D eigenvalue weighted by Gasteiger charge is -2.13. The topological polar surface area (TPSA) is 70.1 Å². The molecule has 0 amide bonds. The highest BCUT2D eigenvalue weighted by Gasteiger charge is 2.12. The molecule has 1 heterocycles. The van der Waals surface area contributed by atoms with Gasteiger partial charge in [0.15, 0.2) is 0 Å². The number of benzene rings is 1. The van der Waals surface area contributed by atoms with Gasteiger partial charge in [0, 0.05) is 23.7 Å². The maximum atomic E-state index is 12.2. The maximum Gasteiger partial charge on any atom is 0.271 e. The van der Waals surface area contributed by atoms with Crippen molar-refractivity contribution in [3.8, 4) is 17.0 Å². The van der Waals surface area contributed by atoms with Crippen molar-refractivity contribution in [3.63, 3.8) is 0 Å². The molecule has 0 spiro atoms. The van der Waals surface area contributed by atoms with Crippen molar-refractivity contribution < 1.29 is 4.74 Å². The SMILES string of the molecule is CCn1nc(-c2cccc(OC(C)C)c2)cc(C(C)N)c1=O. The fraction of sp³-hybridized carbons (Fsp3) is 0.412. The Balaban J connectivity index is 2.52. The number of hydrogen-bond acceptors (Lipinski definition) is 4. The molecule has 0 saturated carbocycles. The molecular weight excluding hydrogens is 278 g/mol. The summed E-state index contributed by atoms with van der Waals surface area (Å²) in [7, 11) is 0. The fourth-order valence-electron chi connectivity index (χ4n) is 2.24. The average Bonchev–Trinajstić information content (AvgIpc) is 2.46. The largest absolute Gasteiger partial charge is 0.491 e. The third kappa shape index (κ3) is 3.54. The smallest absolute Gasteiger partial charge is 0.271 e. The molecule has 2 N–H and O–H groups in total. The lowest BCUT2D eigenvalue weighted by molar-refractivity contribution is 0.242. The van der Waals surface area contributed by atoms with Crippen LogP contribution in [0.4, 0.5) is 0 Å². The first-order valence-corrected chi connectivity index (χ1v) is 7.57. The molecule has 0 aliphatic rings. The summed E-state index contributed by atoms with van der Waals surface area (Å²) in [6.07, 6.45) is 0.104. The third-order valence-corrected chi connectivity index (χ3v) is 3.29. The Hall–Kier alpha value is -2.14. The van der Waals surface area contributed by atoms with Crippen LogP contribution in [0.5, 0.6) is 5.75 Å². The van der Waals surface area contributed by atoms with E-state index < -0.39 is 0 Å².